The Labute approximate surface area is 175 Å². The van der Waals surface area contributed by atoms with Crippen LogP contribution in [0.3, 0.4) is 0 Å². The summed E-state index contributed by atoms with van der Waals surface area (Å²) in [5.74, 6) is -2.25. The van der Waals surface area contributed by atoms with Gasteiger partial charge in [-0.25, -0.2) is 17.2 Å². The zero-order valence-electron chi connectivity index (χ0n) is 17.6. The van der Waals surface area contributed by atoms with E-state index in [0.717, 1.165) is 39.9 Å². The molecule has 0 fully saturated rings. The Morgan fingerprint density at radius 2 is 1.73 bits per heavy atom. The van der Waals surface area contributed by atoms with Crippen molar-refractivity contribution in [3.8, 4) is 5.75 Å². The van der Waals surface area contributed by atoms with Crippen molar-refractivity contribution < 1.29 is 26.7 Å². The van der Waals surface area contributed by atoms with Gasteiger partial charge in [0.05, 0.1) is 18.0 Å². The topological polar surface area (TPSA) is 75.7 Å². The van der Waals surface area contributed by atoms with E-state index in [1.807, 2.05) is 32.0 Å². The second-order valence-electron chi connectivity index (χ2n) is 7.30. The average Bonchev–Trinajstić information content (AvgIpc) is 2.64. The first-order chi connectivity index (χ1) is 13.9. The third kappa shape index (κ3) is 5.91. The van der Waals surface area contributed by atoms with Gasteiger partial charge in [0.2, 0.25) is 15.9 Å². The minimum absolute atomic E-state index is 0.141. The molecule has 0 radical (unpaired) electrons. The predicted octanol–water partition coefficient (Wildman–Crippen LogP) is 3.32. The third-order valence-electron chi connectivity index (χ3n) is 4.61. The van der Waals surface area contributed by atoms with Crippen LogP contribution in [-0.4, -0.2) is 39.3 Å². The molecular weight excluding hydrogens is 414 g/mol. The summed E-state index contributed by atoms with van der Waals surface area (Å²) < 4.78 is 57.7. The van der Waals surface area contributed by atoms with Crippen molar-refractivity contribution in [2.24, 2.45) is 0 Å². The van der Waals surface area contributed by atoms with E-state index in [-0.39, 0.29) is 12.3 Å². The molecule has 0 aliphatic rings. The van der Waals surface area contributed by atoms with Crippen LogP contribution in [0.5, 0.6) is 5.75 Å². The molecule has 1 N–H and O–H groups in total. The number of sulfonamides is 1. The first-order valence-electron chi connectivity index (χ1n) is 9.35. The van der Waals surface area contributed by atoms with Crippen LogP contribution in [0.4, 0.5) is 14.5 Å². The van der Waals surface area contributed by atoms with Crippen molar-refractivity contribution in [3.63, 3.8) is 0 Å². The summed E-state index contributed by atoms with van der Waals surface area (Å²) in [6.45, 7) is 7.21. The number of benzene rings is 2. The molecule has 2 aromatic rings. The molecule has 0 bridgehead atoms. The highest BCUT2D eigenvalue weighted by Crippen LogP contribution is 2.23. The fourth-order valence-corrected chi connectivity index (χ4v) is 4.03. The minimum Gasteiger partial charge on any atom is -0.491 e. The molecule has 0 heterocycles. The Hall–Kier alpha value is -2.68. The van der Waals surface area contributed by atoms with Crippen molar-refractivity contribution in [2.75, 3.05) is 17.2 Å². The lowest BCUT2D eigenvalue weighted by Gasteiger charge is -2.29. The smallest absolute Gasteiger partial charge is 0.243 e. The van der Waals surface area contributed by atoms with Gasteiger partial charge in [-0.3, -0.25) is 9.10 Å². The molecular formula is C21H26F2N2O4S. The zero-order valence-corrected chi connectivity index (χ0v) is 18.4. The van der Waals surface area contributed by atoms with Gasteiger partial charge in [0.1, 0.15) is 18.4 Å². The first-order valence-corrected chi connectivity index (χ1v) is 11.2. The summed E-state index contributed by atoms with van der Waals surface area (Å²) in [5.41, 5.74) is 2.07. The van der Waals surface area contributed by atoms with E-state index in [1.54, 1.807) is 6.92 Å². The van der Waals surface area contributed by atoms with Gasteiger partial charge in [-0.15, -0.1) is 0 Å². The van der Waals surface area contributed by atoms with Crippen molar-refractivity contribution in [1.29, 1.82) is 0 Å². The number of halogens is 2. The van der Waals surface area contributed by atoms with E-state index in [9.17, 15) is 22.0 Å². The summed E-state index contributed by atoms with van der Waals surface area (Å²) in [6.07, 6.45) is 0.893. The van der Waals surface area contributed by atoms with E-state index in [0.29, 0.717) is 5.75 Å². The number of carbonyl (C=O) groups is 1. The predicted molar refractivity (Wildman–Crippen MR) is 112 cm³/mol. The average molecular weight is 441 g/mol. The van der Waals surface area contributed by atoms with Crippen LogP contribution in [0.25, 0.3) is 0 Å². The standard InChI is InChI=1S/C21H26F2N2O4S/c1-13-6-8-18(10-14(13)2)29-12-15(3)24-21(26)16(4)25(30(5,27)28)17-7-9-19(22)20(23)11-17/h6-11,15-16H,12H2,1-5H3,(H,24,26)/t15-,16-/m0/s1. The highest BCUT2D eigenvalue weighted by molar-refractivity contribution is 7.92. The molecule has 0 saturated heterocycles. The molecule has 0 spiro atoms. The summed E-state index contributed by atoms with van der Waals surface area (Å²) in [4.78, 5) is 12.6. The second kappa shape index (κ2) is 9.42. The van der Waals surface area contributed by atoms with Crippen LogP contribution in [0, 0.1) is 25.5 Å². The molecule has 0 aromatic heterocycles. The minimum atomic E-state index is -3.94. The maximum absolute atomic E-state index is 13.6. The van der Waals surface area contributed by atoms with Crippen molar-refractivity contribution >= 4 is 21.6 Å². The lowest BCUT2D eigenvalue weighted by molar-refractivity contribution is -0.122. The van der Waals surface area contributed by atoms with Gasteiger partial charge in [-0.1, -0.05) is 6.07 Å². The van der Waals surface area contributed by atoms with Gasteiger partial charge >= 0.3 is 0 Å². The van der Waals surface area contributed by atoms with Crippen LogP contribution in [0.15, 0.2) is 36.4 Å². The van der Waals surface area contributed by atoms with Crippen LogP contribution in [0.2, 0.25) is 0 Å². The quantitative estimate of drug-likeness (QED) is 0.683. The molecule has 2 rings (SSSR count). The SMILES string of the molecule is Cc1ccc(OC[C@H](C)NC(=O)[C@H](C)N(c2ccc(F)c(F)c2)S(C)(=O)=O)cc1C. The Morgan fingerprint density at radius 3 is 2.30 bits per heavy atom. The van der Waals surface area contributed by atoms with Gasteiger partial charge in [0.15, 0.2) is 11.6 Å². The molecule has 2 atom stereocenters. The van der Waals surface area contributed by atoms with Crippen molar-refractivity contribution in [2.45, 2.75) is 39.8 Å². The number of carbonyl (C=O) groups excluding carboxylic acids is 1. The highest BCUT2D eigenvalue weighted by Gasteiger charge is 2.30. The fourth-order valence-electron chi connectivity index (χ4n) is 2.86. The Balaban J connectivity index is 2.08. The largest absolute Gasteiger partial charge is 0.491 e. The van der Waals surface area contributed by atoms with Crippen LogP contribution in [-0.2, 0) is 14.8 Å². The fraction of sp³-hybridized carbons (Fsp3) is 0.381. The number of hydrogen-bond donors (Lipinski definition) is 1. The van der Waals surface area contributed by atoms with E-state index >= 15 is 0 Å². The van der Waals surface area contributed by atoms with Crippen molar-refractivity contribution in [3.05, 3.63) is 59.2 Å². The lowest BCUT2D eigenvalue weighted by atomic mass is 10.1. The molecule has 0 aliphatic heterocycles. The number of nitrogens with one attached hydrogen (secondary N) is 1. The van der Waals surface area contributed by atoms with Gasteiger partial charge in [-0.05, 0) is 63.1 Å². The number of nitrogens with zero attached hydrogens (tertiary/aromatic N) is 1. The van der Waals surface area contributed by atoms with Crippen LogP contribution >= 0.6 is 0 Å². The summed E-state index contributed by atoms with van der Waals surface area (Å²) in [7, 11) is -3.94. The summed E-state index contributed by atoms with van der Waals surface area (Å²) in [5, 5.41) is 2.69. The number of rotatable bonds is 8. The van der Waals surface area contributed by atoms with E-state index in [2.05, 4.69) is 5.32 Å². The molecule has 30 heavy (non-hydrogen) atoms. The molecule has 0 aliphatic carbocycles. The Morgan fingerprint density at radius 1 is 1.07 bits per heavy atom. The first kappa shape index (κ1) is 23.6. The van der Waals surface area contributed by atoms with Gasteiger partial charge in [0, 0.05) is 6.07 Å². The van der Waals surface area contributed by atoms with Crippen molar-refractivity contribution in [1.82, 2.24) is 5.32 Å². The molecule has 9 heteroatoms. The maximum Gasteiger partial charge on any atom is 0.243 e. The lowest BCUT2D eigenvalue weighted by Crippen LogP contribution is -2.50. The zero-order chi connectivity index (χ0) is 22.6. The number of hydrogen-bond acceptors (Lipinski definition) is 4. The molecule has 2 aromatic carbocycles. The Bertz CT molecular complexity index is 1030. The van der Waals surface area contributed by atoms with E-state index in [1.165, 1.54) is 6.92 Å². The number of anilines is 1. The normalized spacial score (nSPS) is 13.4. The summed E-state index contributed by atoms with van der Waals surface area (Å²) >= 11 is 0. The summed E-state index contributed by atoms with van der Waals surface area (Å²) in [6, 6.07) is 6.70. The number of ether oxygens (including phenoxy) is 1. The van der Waals surface area contributed by atoms with Gasteiger partial charge in [0.25, 0.3) is 0 Å². The van der Waals surface area contributed by atoms with E-state index in [4.69, 9.17) is 4.74 Å². The molecule has 0 unspecified atom stereocenters. The Kier molecular flexibility index (Phi) is 7.41. The van der Waals surface area contributed by atoms with E-state index < -0.39 is 39.6 Å². The molecule has 6 nitrogen and oxygen atoms in total. The molecule has 164 valence electrons. The van der Waals surface area contributed by atoms with Gasteiger partial charge < -0.3 is 10.1 Å². The van der Waals surface area contributed by atoms with Gasteiger partial charge in [-0.2, -0.15) is 0 Å². The number of amides is 1. The maximum atomic E-state index is 13.6. The van der Waals surface area contributed by atoms with Crippen LogP contribution in [0.1, 0.15) is 25.0 Å². The second-order valence-corrected chi connectivity index (χ2v) is 9.16. The van der Waals surface area contributed by atoms with Crippen LogP contribution < -0.4 is 14.4 Å². The molecule has 1 amide bonds. The molecule has 0 saturated carbocycles. The highest BCUT2D eigenvalue weighted by atomic mass is 32.2. The third-order valence-corrected chi connectivity index (χ3v) is 5.85. The monoisotopic (exact) mass is 440 g/mol. The number of aryl methyl sites for hydroxylation is 2.